The Hall–Kier alpha value is -2.52. The van der Waals surface area contributed by atoms with Crippen LogP contribution in [-0.2, 0) is 14.9 Å². The first-order chi connectivity index (χ1) is 16.7. The lowest BCUT2D eigenvalue weighted by molar-refractivity contribution is -0.116. The summed E-state index contributed by atoms with van der Waals surface area (Å²) in [6.07, 6.45) is 2.35. The van der Waals surface area contributed by atoms with Gasteiger partial charge in [0.25, 0.3) is 5.91 Å². The first-order valence-electron chi connectivity index (χ1n) is 12.1. The number of hydrogen-bond acceptors (Lipinski definition) is 5. The van der Waals surface area contributed by atoms with E-state index in [9.17, 15) is 9.59 Å². The zero-order valence-corrected chi connectivity index (χ0v) is 22.9. The highest BCUT2D eigenvalue weighted by Crippen LogP contribution is 2.22. The van der Waals surface area contributed by atoms with Gasteiger partial charge in [0.15, 0.2) is 5.11 Å². The average molecular weight is 533 g/mol. The van der Waals surface area contributed by atoms with Gasteiger partial charge in [-0.3, -0.25) is 19.8 Å². The van der Waals surface area contributed by atoms with Gasteiger partial charge < -0.3 is 15.4 Å². The lowest BCUT2D eigenvalue weighted by Crippen LogP contribution is -2.36. The smallest absolute Gasteiger partial charge is 0.257 e. The molecule has 3 rings (SSSR count). The number of amides is 2. The number of morpholine rings is 1. The van der Waals surface area contributed by atoms with Gasteiger partial charge in [0.2, 0.25) is 5.91 Å². The van der Waals surface area contributed by atoms with Crippen molar-refractivity contribution in [1.82, 2.24) is 10.2 Å². The van der Waals surface area contributed by atoms with E-state index in [-0.39, 0.29) is 34.7 Å². The molecule has 36 heavy (non-hydrogen) atoms. The standard InChI is InChI=1S/C27H36N4O3S.ClH/c1-27(2,3)21-9-7-20(8-10-21)25(33)30-26(35)29-23-13-11-22(12-14-23)28-24(32)6-4-5-15-31-16-18-34-19-17-31;/h7-14H,4-6,15-19H2,1-3H3,(H,28,32)(H2,29,30,33,35);1H. The Balaban J connectivity index is 0.00000456. The largest absolute Gasteiger partial charge is 0.379 e. The minimum Gasteiger partial charge on any atom is -0.379 e. The van der Waals surface area contributed by atoms with Crippen molar-refractivity contribution in [2.75, 3.05) is 43.5 Å². The van der Waals surface area contributed by atoms with E-state index in [2.05, 4.69) is 41.6 Å². The number of nitrogens with one attached hydrogen (secondary N) is 3. The van der Waals surface area contributed by atoms with Crippen molar-refractivity contribution in [2.45, 2.75) is 45.4 Å². The first-order valence-corrected chi connectivity index (χ1v) is 12.5. The molecule has 0 unspecified atom stereocenters. The van der Waals surface area contributed by atoms with Crippen LogP contribution >= 0.6 is 24.6 Å². The zero-order valence-electron chi connectivity index (χ0n) is 21.3. The molecule has 1 aliphatic heterocycles. The molecule has 2 amide bonds. The lowest BCUT2D eigenvalue weighted by Gasteiger charge is -2.26. The summed E-state index contributed by atoms with van der Waals surface area (Å²) in [5.41, 5.74) is 3.19. The molecule has 7 nitrogen and oxygen atoms in total. The number of halogens is 1. The maximum atomic E-state index is 12.5. The summed E-state index contributed by atoms with van der Waals surface area (Å²) in [6.45, 7) is 11.0. The van der Waals surface area contributed by atoms with Gasteiger partial charge in [0, 0.05) is 36.4 Å². The SMILES string of the molecule is CC(C)(C)c1ccc(C(=O)NC(=S)Nc2ccc(NC(=O)CCCCN3CCOCC3)cc2)cc1.Cl. The van der Waals surface area contributed by atoms with E-state index in [4.69, 9.17) is 17.0 Å². The molecule has 9 heteroatoms. The van der Waals surface area contributed by atoms with Gasteiger partial charge in [-0.15, -0.1) is 12.4 Å². The Kier molecular flexibility index (Phi) is 11.8. The van der Waals surface area contributed by atoms with Crippen molar-refractivity contribution in [2.24, 2.45) is 0 Å². The highest BCUT2D eigenvalue weighted by molar-refractivity contribution is 7.80. The fourth-order valence-corrected chi connectivity index (χ4v) is 3.98. The maximum Gasteiger partial charge on any atom is 0.257 e. The molecule has 0 aromatic heterocycles. The molecule has 0 spiro atoms. The molecule has 0 saturated carbocycles. The topological polar surface area (TPSA) is 82.7 Å². The molecule has 0 bridgehead atoms. The molecule has 0 radical (unpaired) electrons. The van der Waals surface area contributed by atoms with Gasteiger partial charge in [0.05, 0.1) is 13.2 Å². The second-order valence-electron chi connectivity index (χ2n) is 9.77. The van der Waals surface area contributed by atoms with E-state index in [0.717, 1.165) is 62.6 Å². The van der Waals surface area contributed by atoms with Crippen LogP contribution in [0.15, 0.2) is 48.5 Å². The number of benzene rings is 2. The van der Waals surface area contributed by atoms with Gasteiger partial charge in [-0.2, -0.15) is 0 Å². The molecule has 2 aromatic carbocycles. The fourth-order valence-electron chi connectivity index (χ4n) is 3.77. The Bertz CT molecular complexity index is 1000. The summed E-state index contributed by atoms with van der Waals surface area (Å²) in [4.78, 5) is 27.1. The van der Waals surface area contributed by atoms with Crippen LogP contribution in [0, 0.1) is 0 Å². The third kappa shape index (κ3) is 9.85. The quantitative estimate of drug-likeness (QED) is 0.329. The highest BCUT2D eigenvalue weighted by Gasteiger charge is 2.15. The Morgan fingerprint density at radius 3 is 2.08 bits per heavy atom. The van der Waals surface area contributed by atoms with E-state index in [1.165, 1.54) is 0 Å². The van der Waals surface area contributed by atoms with Crippen LogP contribution < -0.4 is 16.0 Å². The van der Waals surface area contributed by atoms with Crippen molar-refractivity contribution < 1.29 is 14.3 Å². The number of anilines is 2. The predicted molar refractivity (Wildman–Crippen MR) is 152 cm³/mol. The first kappa shape index (κ1) is 29.7. The molecule has 1 heterocycles. The minimum absolute atomic E-state index is 0. The van der Waals surface area contributed by atoms with Gasteiger partial charge in [-0.05, 0) is 79.0 Å². The molecule has 0 aliphatic carbocycles. The van der Waals surface area contributed by atoms with Crippen molar-refractivity contribution in [3.63, 3.8) is 0 Å². The van der Waals surface area contributed by atoms with Crippen LogP contribution in [0.3, 0.4) is 0 Å². The Morgan fingerprint density at radius 2 is 1.50 bits per heavy atom. The van der Waals surface area contributed by atoms with Crippen molar-refractivity contribution in [3.05, 3.63) is 59.7 Å². The molecule has 2 aromatic rings. The summed E-state index contributed by atoms with van der Waals surface area (Å²) < 4.78 is 5.35. The van der Waals surface area contributed by atoms with Crippen LogP contribution in [0.1, 0.15) is 56.0 Å². The Labute approximate surface area is 225 Å². The van der Waals surface area contributed by atoms with Gasteiger partial charge in [-0.1, -0.05) is 32.9 Å². The number of ether oxygens (including phenoxy) is 1. The van der Waals surface area contributed by atoms with Crippen LogP contribution in [0.4, 0.5) is 11.4 Å². The lowest BCUT2D eigenvalue weighted by atomic mass is 9.87. The number of thiocarbonyl (C=S) groups is 1. The number of unbranched alkanes of at least 4 members (excludes halogenated alkanes) is 1. The van der Waals surface area contributed by atoms with Crippen molar-refractivity contribution >= 4 is 52.9 Å². The van der Waals surface area contributed by atoms with E-state index in [0.29, 0.717) is 12.0 Å². The number of hydrogen-bond donors (Lipinski definition) is 3. The summed E-state index contributed by atoms with van der Waals surface area (Å²) in [5.74, 6) is -0.256. The third-order valence-electron chi connectivity index (χ3n) is 5.90. The van der Waals surface area contributed by atoms with Crippen LogP contribution in [-0.4, -0.2) is 54.7 Å². The Morgan fingerprint density at radius 1 is 0.917 bits per heavy atom. The zero-order chi connectivity index (χ0) is 25.3. The van der Waals surface area contributed by atoms with E-state index >= 15 is 0 Å². The second-order valence-corrected chi connectivity index (χ2v) is 10.2. The summed E-state index contributed by atoms with van der Waals surface area (Å²) >= 11 is 5.28. The second kappa shape index (κ2) is 14.3. The highest BCUT2D eigenvalue weighted by atomic mass is 35.5. The molecular weight excluding hydrogens is 496 g/mol. The normalized spacial score (nSPS) is 13.9. The summed E-state index contributed by atoms with van der Waals surface area (Å²) in [7, 11) is 0. The van der Waals surface area contributed by atoms with Crippen molar-refractivity contribution in [1.29, 1.82) is 0 Å². The molecule has 196 valence electrons. The monoisotopic (exact) mass is 532 g/mol. The minimum atomic E-state index is -0.263. The van der Waals surface area contributed by atoms with E-state index in [1.54, 1.807) is 12.1 Å². The third-order valence-corrected chi connectivity index (χ3v) is 6.10. The van der Waals surface area contributed by atoms with Crippen molar-refractivity contribution in [3.8, 4) is 0 Å². The van der Waals surface area contributed by atoms with E-state index in [1.807, 2.05) is 36.4 Å². The van der Waals surface area contributed by atoms with E-state index < -0.39 is 0 Å². The number of carbonyl (C=O) groups is 2. The van der Waals surface area contributed by atoms with Gasteiger partial charge >= 0.3 is 0 Å². The van der Waals surface area contributed by atoms with Crippen LogP contribution in [0.5, 0.6) is 0 Å². The average Bonchev–Trinajstić information content (AvgIpc) is 2.83. The number of rotatable bonds is 8. The maximum absolute atomic E-state index is 12.5. The molecule has 1 fully saturated rings. The molecule has 3 N–H and O–H groups in total. The molecule has 1 saturated heterocycles. The molecule has 1 aliphatic rings. The summed E-state index contributed by atoms with van der Waals surface area (Å²) in [6, 6.07) is 14.8. The van der Waals surface area contributed by atoms with Crippen LogP contribution in [0.25, 0.3) is 0 Å². The molecular formula is C27H37ClN4O3S. The van der Waals surface area contributed by atoms with Gasteiger partial charge in [-0.25, -0.2) is 0 Å². The predicted octanol–water partition coefficient (Wildman–Crippen LogP) is 4.97. The number of nitrogens with zero attached hydrogens (tertiary/aromatic N) is 1. The number of carbonyl (C=O) groups excluding carboxylic acids is 2. The summed E-state index contributed by atoms with van der Waals surface area (Å²) in [5, 5.41) is 8.85. The van der Waals surface area contributed by atoms with Gasteiger partial charge in [0.1, 0.15) is 0 Å². The fraction of sp³-hybridized carbons (Fsp3) is 0.444. The van der Waals surface area contributed by atoms with Crippen LogP contribution in [0.2, 0.25) is 0 Å². The molecule has 0 atom stereocenters.